The Morgan fingerprint density at radius 3 is 2.75 bits per heavy atom. The highest BCUT2D eigenvalue weighted by molar-refractivity contribution is 5.80. The van der Waals surface area contributed by atoms with Crippen LogP contribution < -0.4 is 16.0 Å². The van der Waals surface area contributed by atoms with Crippen LogP contribution in [0.25, 0.3) is 0 Å². The number of hydrazine groups is 1. The van der Waals surface area contributed by atoms with Crippen LogP contribution >= 0.6 is 0 Å². The number of nitro groups is 1. The minimum Gasteiger partial charge on any atom is -0.477 e. The molecule has 0 aliphatic carbocycles. The minimum absolute atomic E-state index is 0.213. The lowest BCUT2D eigenvalue weighted by Gasteiger charge is -2.17. The van der Waals surface area contributed by atoms with E-state index in [-0.39, 0.29) is 17.0 Å². The second-order valence-corrected chi connectivity index (χ2v) is 4.23. The molecule has 0 saturated carbocycles. The number of nitrogens with one attached hydrogen (secondary N) is 1. The summed E-state index contributed by atoms with van der Waals surface area (Å²) >= 11 is 0. The van der Waals surface area contributed by atoms with Crippen LogP contribution in [-0.4, -0.2) is 16.9 Å². The Bertz CT molecular complexity index is 522. The normalized spacial score (nSPS) is 11.8. The van der Waals surface area contributed by atoms with Gasteiger partial charge < -0.3 is 4.74 Å². The number of nitrogens with two attached hydrogens (primary N) is 1. The van der Waals surface area contributed by atoms with E-state index in [0.29, 0.717) is 12.8 Å². The number of hydrogen-bond donors (Lipinski definition) is 2. The first kappa shape index (κ1) is 15.8. The minimum atomic E-state index is -0.944. The van der Waals surface area contributed by atoms with Gasteiger partial charge in [-0.2, -0.15) is 0 Å². The molecule has 1 rings (SSSR count). The van der Waals surface area contributed by atoms with Crippen LogP contribution in [0.5, 0.6) is 5.75 Å². The summed E-state index contributed by atoms with van der Waals surface area (Å²) in [6, 6.07) is 1.97. The van der Waals surface area contributed by atoms with Crippen LogP contribution in [0.15, 0.2) is 12.1 Å². The summed E-state index contributed by atoms with van der Waals surface area (Å²) in [6.45, 7) is 3.29. The first-order valence-electron chi connectivity index (χ1n) is 6.02. The van der Waals surface area contributed by atoms with Crippen molar-refractivity contribution in [2.45, 2.75) is 32.8 Å². The average molecular weight is 285 g/mol. The smallest absolute Gasteiger partial charge is 0.275 e. The van der Waals surface area contributed by atoms with Gasteiger partial charge in [0.2, 0.25) is 0 Å². The van der Waals surface area contributed by atoms with E-state index in [4.69, 9.17) is 10.6 Å². The molecule has 0 radical (unpaired) electrons. The fraction of sp³-hybridized carbons (Fsp3) is 0.417. The molecular weight excluding hydrogens is 269 g/mol. The van der Waals surface area contributed by atoms with Crippen LogP contribution in [0.1, 0.15) is 25.3 Å². The van der Waals surface area contributed by atoms with Crippen LogP contribution in [0.4, 0.5) is 10.1 Å². The van der Waals surface area contributed by atoms with Crippen LogP contribution in [-0.2, 0) is 4.79 Å². The summed E-state index contributed by atoms with van der Waals surface area (Å²) in [5.74, 6) is 3.34. The van der Waals surface area contributed by atoms with Gasteiger partial charge in [0.15, 0.2) is 17.7 Å². The maximum Gasteiger partial charge on any atom is 0.275 e. The van der Waals surface area contributed by atoms with Crippen molar-refractivity contribution in [3.8, 4) is 5.75 Å². The molecule has 0 saturated heterocycles. The highest BCUT2D eigenvalue weighted by Crippen LogP contribution is 2.28. The summed E-state index contributed by atoms with van der Waals surface area (Å²) in [6.07, 6.45) is 0.0323. The number of nitrogens with zero attached hydrogens (tertiary/aromatic N) is 1. The summed E-state index contributed by atoms with van der Waals surface area (Å²) in [5.41, 5.74) is 1.84. The van der Waals surface area contributed by atoms with E-state index < -0.39 is 22.8 Å². The molecule has 0 aliphatic rings. The average Bonchev–Trinajstić information content (AvgIpc) is 2.40. The van der Waals surface area contributed by atoms with Crippen LogP contribution in [0.3, 0.4) is 0 Å². The second-order valence-electron chi connectivity index (χ2n) is 4.23. The van der Waals surface area contributed by atoms with E-state index in [0.717, 1.165) is 6.07 Å². The van der Waals surface area contributed by atoms with Crippen molar-refractivity contribution in [2.24, 2.45) is 5.84 Å². The fourth-order valence-corrected chi connectivity index (χ4v) is 1.68. The van der Waals surface area contributed by atoms with E-state index in [9.17, 15) is 19.3 Å². The van der Waals surface area contributed by atoms with Gasteiger partial charge in [-0.05, 0) is 19.4 Å². The van der Waals surface area contributed by atoms with E-state index in [1.807, 2.05) is 12.3 Å². The molecule has 0 spiro atoms. The SMILES string of the molecule is CCCC(Oc1cc(C)c([N+](=O)[O-])cc1F)C(=O)NN. The second kappa shape index (κ2) is 6.80. The van der Waals surface area contributed by atoms with E-state index in [2.05, 4.69) is 0 Å². The molecule has 0 heterocycles. The Balaban J connectivity index is 3.04. The van der Waals surface area contributed by atoms with Crippen molar-refractivity contribution in [1.29, 1.82) is 0 Å². The van der Waals surface area contributed by atoms with Crippen LogP contribution in [0.2, 0.25) is 0 Å². The van der Waals surface area contributed by atoms with Gasteiger partial charge in [-0.25, -0.2) is 10.2 Å². The Morgan fingerprint density at radius 1 is 1.60 bits per heavy atom. The number of amides is 1. The molecule has 8 heteroatoms. The van der Waals surface area contributed by atoms with Gasteiger partial charge in [0.25, 0.3) is 11.6 Å². The summed E-state index contributed by atoms with van der Waals surface area (Å²) in [5, 5.41) is 10.7. The van der Waals surface area contributed by atoms with Gasteiger partial charge >= 0.3 is 0 Å². The quantitative estimate of drug-likeness (QED) is 0.357. The fourth-order valence-electron chi connectivity index (χ4n) is 1.68. The highest BCUT2D eigenvalue weighted by Gasteiger charge is 2.22. The Morgan fingerprint density at radius 2 is 2.25 bits per heavy atom. The monoisotopic (exact) mass is 285 g/mol. The zero-order valence-corrected chi connectivity index (χ0v) is 11.2. The van der Waals surface area contributed by atoms with Crippen molar-refractivity contribution in [3.63, 3.8) is 0 Å². The van der Waals surface area contributed by atoms with Crippen molar-refractivity contribution >= 4 is 11.6 Å². The molecule has 1 atom stereocenters. The molecule has 0 aromatic heterocycles. The van der Waals surface area contributed by atoms with Gasteiger partial charge in [0.1, 0.15) is 0 Å². The Labute approximate surface area is 115 Å². The van der Waals surface area contributed by atoms with E-state index in [1.165, 1.54) is 13.0 Å². The number of aryl methyl sites for hydroxylation is 1. The van der Waals surface area contributed by atoms with Gasteiger partial charge in [-0.15, -0.1) is 0 Å². The number of carbonyl (C=O) groups excluding carboxylic acids is 1. The third-order valence-corrected chi connectivity index (χ3v) is 2.70. The lowest BCUT2D eigenvalue weighted by molar-refractivity contribution is -0.385. The predicted octanol–water partition coefficient (Wildman–Crippen LogP) is 1.58. The summed E-state index contributed by atoms with van der Waals surface area (Å²) in [4.78, 5) is 21.5. The molecule has 1 aromatic carbocycles. The molecular formula is C12H16FN3O4. The number of benzene rings is 1. The molecule has 7 nitrogen and oxygen atoms in total. The van der Waals surface area contributed by atoms with Gasteiger partial charge in [-0.3, -0.25) is 20.3 Å². The van der Waals surface area contributed by atoms with Gasteiger partial charge in [0, 0.05) is 5.56 Å². The third-order valence-electron chi connectivity index (χ3n) is 2.70. The zero-order valence-electron chi connectivity index (χ0n) is 11.2. The Kier molecular flexibility index (Phi) is 5.39. The highest BCUT2D eigenvalue weighted by atomic mass is 19.1. The van der Waals surface area contributed by atoms with E-state index in [1.54, 1.807) is 0 Å². The summed E-state index contributed by atoms with van der Waals surface area (Å²) < 4.78 is 19.0. The maximum atomic E-state index is 13.8. The Hall–Kier alpha value is -2.22. The van der Waals surface area contributed by atoms with Gasteiger partial charge in [0.05, 0.1) is 11.0 Å². The topological polar surface area (TPSA) is 107 Å². The first-order chi connectivity index (χ1) is 9.40. The standard InChI is InChI=1S/C12H16FN3O4/c1-3-4-10(12(17)15-14)20-11-5-7(2)9(16(18)19)6-8(11)13/h5-6,10H,3-4,14H2,1-2H3,(H,15,17). The maximum absolute atomic E-state index is 13.8. The number of nitro benzene ring substituents is 1. The number of hydrogen-bond acceptors (Lipinski definition) is 5. The largest absolute Gasteiger partial charge is 0.477 e. The zero-order chi connectivity index (χ0) is 15.3. The van der Waals surface area contributed by atoms with Crippen molar-refractivity contribution < 1.29 is 18.8 Å². The molecule has 0 fully saturated rings. The first-order valence-corrected chi connectivity index (χ1v) is 6.02. The molecule has 1 unspecified atom stereocenters. The molecule has 110 valence electrons. The molecule has 0 aliphatic heterocycles. The van der Waals surface area contributed by atoms with Gasteiger partial charge in [-0.1, -0.05) is 13.3 Å². The lowest BCUT2D eigenvalue weighted by atomic mass is 10.1. The molecule has 0 bridgehead atoms. The molecule has 1 amide bonds. The van der Waals surface area contributed by atoms with E-state index >= 15 is 0 Å². The molecule has 20 heavy (non-hydrogen) atoms. The van der Waals surface area contributed by atoms with Crippen molar-refractivity contribution in [2.75, 3.05) is 0 Å². The third kappa shape index (κ3) is 3.64. The number of carbonyl (C=O) groups is 1. The summed E-state index contributed by atoms with van der Waals surface area (Å²) in [7, 11) is 0. The number of halogens is 1. The van der Waals surface area contributed by atoms with Crippen molar-refractivity contribution in [3.05, 3.63) is 33.6 Å². The van der Waals surface area contributed by atoms with Crippen molar-refractivity contribution in [1.82, 2.24) is 5.43 Å². The molecule has 1 aromatic rings. The number of ether oxygens (including phenoxy) is 1. The predicted molar refractivity (Wildman–Crippen MR) is 69.4 cm³/mol. The van der Waals surface area contributed by atoms with Crippen LogP contribution in [0, 0.1) is 22.9 Å². The molecule has 3 N–H and O–H groups in total. The number of rotatable bonds is 6. The lowest BCUT2D eigenvalue weighted by Crippen LogP contribution is -2.42.